The highest BCUT2D eigenvalue weighted by atomic mass is 32.2. The molecule has 1 aromatic carbocycles. The first-order chi connectivity index (χ1) is 9.80. The van der Waals surface area contributed by atoms with Crippen LogP contribution in [0.15, 0.2) is 24.3 Å². The van der Waals surface area contributed by atoms with Gasteiger partial charge >= 0.3 is 0 Å². The Labute approximate surface area is 121 Å². The lowest BCUT2D eigenvalue weighted by molar-refractivity contribution is -0.384. The second kappa shape index (κ2) is 6.06. The zero-order chi connectivity index (χ0) is 15.5. The molecule has 1 aromatic rings. The Kier molecular flexibility index (Phi) is 4.57. The predicted molar refractivity (Wildman–Crippen MR) is 74.1 cm³/mol. The average molecular weight is 316 g/mol. The number of nitro benzene ring substituents is 1. The molecule has 2 N–H and O–H groups in total. The Morgan fingerprint density at radius 2 is 2.05 bits per heavy atom. The van der Waals surface area contributed by atoms with Crippen molar-refractivity contribution >= 4 is 15.7 Å². The molecule has 8 nitrogen and oxygen atoms in total. The Balaban J connectivity index is 1.95. The largest absolute Gasteiger partial charge is 0.386 e. The van der Waals surface area contributed by atoms with Crippen molar-refractivity contribution in [2.45, 2.75) is 17.8 Å². The fraction of sp³-hybridized carbons (Fsp3) is 0.500. The molecular formula is C12H16N2O6S. The van der Waals surface area contributed by atoms with Gasteiger partial charge in [0.2, 0.25) is 10.0 Å². The fourth-order valence-electron chi connectivity index (χ4n) is 1.96. The molecule has 0 saturated carbocycles. The third-order valence-electron chi connectivity index (χ3n) is 3.21. The number of rotatable bonds is 6. The summed E-state index contributed by atoms with van der Waals surface area (Å²) in [5, 5.41) is 20.5. The lowest BCUT2D eigenvalue weighted by Crippen LogP contribution is -2.43. The second-order valence-electron chi connectivity index (χ2n) is 5.03. The maximum Gasteiger partial charge on any atom is 0.269 e. The summed E-state index contributed by atoms with van der Waals surface area (Å²) in [5.74, 6) is -0.304. The molecule has 1 heterocycles. The number of non-ortho nitro benzene ring substituents is 1. The minimum atomic E-state index is -3.63. The van der Waals surface area contributed by atoms with Crippen LogP contribution >= 0.6 is 0 Å². The first kappa shape index (κ1) is 15.8. The van der Waals surface area contributed by atoms with Crippen molar-refractivity contribution < 1.29 is 23.2 Å². The van der Waals surface area contributed by atoms with Crippen molar-refractivity contribution in [1.29, 1.82) is 0 Å². The molecule has 1 saturated heterocycles. The molecule has 116 valence electrons. The van der Waals surface area contributed by atoms with E-state index in [4.69, 9.17) is 4.74 Å². The van der Waals surface area contributed by atoms with Gasteiger partial charge in [-0.1, -0.05) is 12.1 Å². The van der Waals surface area contributed by atoms with Gasteiger partial charge in [-0.2, -0.15) is 0 Å². The van der Waals surface area contributed by atoms with Crippen LogP contribution in [0.5, 0.6) is 0 Å². The second-order valence-corrected chi connectivity index (χ2v) is 6.84. The highest BCUT2D eigenvalue weighted by Gasteiger charge is 2.33. The monoisotopic (exact) mass is 316 g/mol. The Bertz CT molecular complexity index is 607. The summed E-state index contributed by atoms with van der Waals surface area (Å²) >= 11 is 0. The van der Waals surface area contributed by atoms with Crippen LogP contribution in [0.1, 0.15) is 12.0 Å². The molecule has 1 atom stereocenters. The van der Waals surface area contributed by atoms with Crippen molar-refractivity contribution in [2.24, 2.45) is 0 Å². The Morgan fingerprint density at radius 3 is 2.57 bits per heavy atom. The van der Waals surface area contributed by atoms with Gasteiger partial charge in [-0.15, -0.1) is 0 Å². The number of hydrogen-bond acceptors (Lipinski definition) is 6. The van der Waals surface area contributed by atoms with Crippen molar-refractivity contribution in [3.05, 3.63) is 39.9 Å². The first-order valence-electron chi connectivity index (χ1n) is 6.30. The van der Waals surface area contributed by atoms with Gasteiger partial charge in [0, 0.05) is 31.7 Å². The third-order valence-corrected chi connectivity index (χ3v) is 4.51. The lowest BCUT2D eigenvalue weighted by atomic mass is 10.1. The molecule has 9 heteroatoms. The molecule has 1 aliphatic heterocycles. The standard InChI is InChI=1S/C12H16N2O6S/c15-12(5-6-20-9-12)8-13-21(18,19)7-10-1-3-11(4-2-10)14(16)17/h1-4,13,15H,5-9H2. The van der Waals surface area contributed by atoms with E-state index in [0.29, 0.717) is 18.6 Å². The number of ether oxygens (including phenoxy) is 1. The minimum absolute atomic E-state index is 0.0958. The lowest BCUT2D eigenvalue weighted by Gasteiger charge is -2.20. The van der Waals surface area contributed by atoms with Gasteiger partial charge in [-0.05, 0) is 5.56 Å². The van der Waals surface area contributed by atoms with Gasteiger partial charge in [0.25, 0.3) is 5.69 Å². The van der Waals surface area contributed by atoms with Gasteiger partial charge in [0.15, 0.2) is 0 Å². The molecule has 21 heavy (non-hydrogen) atoms. The molecule has 0 amide bonds. The maximum atomic E-state index is 11.9. The summed E-state index contributed by atoms with van der Waals surface area (Å²) in [6, 6.07) is 5.29. The van der Waals surface area contributed by atoms with E-state index in [1.807, 2.05) is 0 Å². The van der Waals surface area contributed by atoms with Crippen LogP contribution < -0.4 is 4.72 Å². The fourth-order valence-corrected chi connectivity index (χ4v) is 3.19. The number of benzene rings is 1. The third kappa shape index (κ3) is 4.46. The van der Waals surface area contributed by atoms with Crippen LogP contribution in [-0.2, 0) is 20.5 Å². The smallest absolute Gasteiger partial charge is 0.269 e. The van der Waals surface area contributed by atoms with Crippen LogP contribution in [0.2, 0.25) is 0 Å². The molecule has 1 aliphatic rings. The van der Waals surface area contributed by atoms with Crippen LogP contribution in [0.3, 0.4) is 0 Å². The van der Waals surface area contributed by atoms with E-state index in [1.54, 1.807) is 0 Å². The van der Waals surface area contributed by atoms with Gasteiger partial charge < -0.3 is 9.84 Å². The average Bonchev–Trinajstić information content (AvgIpc) is 2.85. The molecule has 0 aromatic heterocycles. The van der Waals surface area contributed by atoms with Gasteiger partial charge in [-0.3, -0.25) is 10.1 Å². The molecule has 0 radical (unpaired) electrons. The van der Waals surface area contributed by atoms with Crippen LogP contribution in [0.25, 0.3) is 0 Å². The van der Waals surface area contributed by atoms with E-state index in [9.17, 15) is 23.6 Å². The summed E-state index contributed by atoms with van der Waals surface area (Å²) in [7, 11) is -3.63. The van der Waals surface area contributed by atoms with Crippen molar-refractivity contribution in [3.63, 3.8) is 0 Å². The number of nitrogens with zero attached hydrogens (tertiary/aromatic N) is 1. The molecular weight excluding hydrogens is 300 g/mol. The van der Waals surface area contributed by atoms with E-state index in [-0.39, 0.29) is 24.6 Å². The molecule has 2 rings (SSSR count). The van der Waals surface area contributed by atoms with Crippen molar-refractivity contribution in [2.75, 3.05) is 19.8 Å². The number of aliphatic hydroxyl groups is 1. The van der Waals surface area contributed by atoms with Crippen LogP contribution in [0.4, 0.5) is 5.69 Å². The Morgan fingerprint density at radius 1 is 1.38 bits per heavy atom. The van der Waals surface area contributed by atoms with E-state index in [0.717, 1.165) is 0 Å². The quantitative estimate of drug-likeness (QED) is 0.570. The summed E-state index contributed by atoms with van der Waals surface area (Å²) < 4.78 is 31.2. The SMILES string of the molecule is O=[N+]([O-])c1ccc(CS(=O)(=O)NCC2(O)CCOC2)cc1. The zero-order valence-electron chi connectivity index (χ0n) is 11.2. The highest BCUT2D eigenvalue weighted by Crippen LogP contribution is 2.18. The van der Waals surface area contributed by atoms with Crippen molar-refractivity contribution in [3.8, 4) is 0 Å². The first-order valence-corrected chi connectivity index (χ1v) is 7.96. The van der Waals surface area contributed by atoms with E-state index < -0.39 is 20.5 Å². The van der Waals surface area contributed by atoms with Gasteiger partial charge in [0.1, 0.15) is 5.60 Å². The number of nitrogens with one attached hydrogen (secondary N) is 1. The number of hydrogen-bond donors (Lipinski definition) is 2. The van der Waals surface area contributed by atoms with E-state index >= 15 is 0 Å². The summed E-state index contributed by atoms with van der Waals surface area (Å²) in [4.78, 5) is 9.97. The van der Waals surface area contributed by atoms with Crippen molar-refractivity contribution in [1.82, 2.24) is 4.72 Å². The van der Waals surface area contributed by atoms with E-state index in [1.165, 1.54) is 24.3 Å². The summed E-state index contributed by atoms with van der Waals surface area (Å²) in [6.07, 6.45) is 0.382. The molecule has 0 aliphatic carbocycles. The van der Waals surface area contributed by atoms with Gasteiger partial charge in [0.05, 0.1) is 17.3 Å². The summed E-state index contributed by atoms with van der Waals surface area (Å²) in [6.45, 7) is 0.399. The molecule has 1 unspecified atom stereocenters. The maximum absolute atomic E-state index is 11.9. The number of sulfonamides is 1. The van der Waals surface area contributed by atoms with Crippen LogP contribution in [0, 0.1) is 10.1 Å². The molecule has 0 spiro atoms. The predicted octanol–water partition coefficient (Wildman–Crippen LogP) is 0.166. The van der Waals surface area contributed by atoms with Crippen LogP contribution in [-0.4, -0.2) is 43.8 Å². The Hall–Kier alpha value is -1.55. The zero-order valence-corrected chi connectivity index (χ0v) is 12.0. The molecule has 1 fully saturated rings. The summed E-state index contributed by atoms with van der Waals surface area (Å²) in [5.41, 5.74) is -0.827. The minimum Gasteiger partial charge on any atom is -0.386 e. The topological polar surface area (TPSA) is 119 Å². The number of nitro groups is 1. The normalized spacial score (nSPS) is 22.3. The molecule has 0 bridgehead atoms. The highest BCUT2D eigenvalue weighted by molar-refractivity contribution is 7.88. The van der Waals surface area contributed by atoms with Gasteiger partial charge in [-0.25, -0.2) is 13.1 Å². The van der Waals surface area contributed by atoms with E-state index in [2.05, 4.69) is 4.72 Å².